The van der Waals surface area contributed by atoms with E-state index in [4.69, 9.17) is 0 Å². The zero-order valence-corrected chi connectivity index (χ0v) is 9.01. The van der Waals surface area contributed by atoms with E-state index in [0.29, 0.717) is 0 Å². The molecule has 15 heavy (non-hydrogen) atoms. The molecule has 0 aromatic carbocycles. The Hall–Kier alpha value is -1.92. The number of nitro groups is 1. The normalized spacial score (nSPS) is 10.1. The highest BCUT2D eigenvalue weighted by Crippen LogP contribution is 2.21. The maximum Gasteiger partial charge on any atom is 0.344 e. The number of hydrogen-bond acceptors (Lipinski definition) is 4. The molecule has 0 N–H and O–H groups in total. The summed E-state index contributed by atoms with van der Waals surface area (Å²) in [5, 5.41) is 14.5. The second kappa shape index (κ2) is 3.68. The zero-order valence-electron chi connectivity index (χ0n) is 9.01. The van der Waals surface area contributed by atoms with Crippen molar-refractivity contribution in [1.29, 1.82) is 0 Å². The Kier molecular flexibility index (Phi) is 2.74. The summed E-state index contributed by atoms with van der Waals surface area (Å²) >= 11 is 0. The highest BCUT2D eigenvalue weighted by molar-refractivity contribution is 5.77. The van der Waals surface area contributed by atoms with Gasteiger partial charge in [-0.05, 0) is 13.8 Å². The van der Waals surface area contributed by atoms with Gasteiger partial charge in [0.25, 0.3) is 0 Å². The number of carbonyl (C=O) groups is 1. The molecule has 7 heteroatoms. The average molecular weight is 212 g/mol. The Balaban J connectivity index is 3.30. The maximum absolute atomic E-state index is 11.6. The van der Waals surface area contributed by atoms with Crippen molar-refractivity contribution in [2.75, 3.05) is 14.1 Å². The summed E-state index contributed by atoms with van der Waals surface area (Å²) in [6.07, 6.45) is 0. The molecule has 0 unspecified atom stereocenters. The molecule has 1 amide bonds. The molecule has 7 nitrogen and oxygen atoms in total. The molecule has 0 fully saturated rings. The van der Waals surface area contributed by atoms with Crippen LogP contribution in [0, 0.1) is 24.0 Å². The number of aryl methyl sites for hydroxylation is 1. The minimum atomic E-state index is -0.531. The molecule has 1 rings (SSSR count). The number of rotatable bonds is 1. The van der Waals surface area contributed by atoms with Crippen molar-refractivity contribution in [2.45, 2.75) is 13.8 Å². The van der Waals surface area contributed by atoms with Crippen molar-refractivity contribution >= 4 is 11.7 Å². The summed E-state index contributed by atoms with van der Waals surface area (Å²) in [4.78, 5) is 23.0. The van der Waals surface area contributed by atoms with Crippen LogP contribution in [0.4, 0.5) is 10.5 Å². The fraction of sp³-hybridized carbons (Fsp3) is 0.500. The van der Waals surface area contributed by atoms with E-state index in [1.807, 2.05) is 0 Å². The van der Waals surface area contributed by atoms with Crippen molar-refractivity contribution in [3.8, 4) is 0 Å². The number of nitrogens with zero attached hydrogens (tertiary/aromatic N) is 4. The topological polar surface area (TPSA) is 81.3 Å². The lowest BCUT2D eigenvalue weighted by Crippen LogP contribution is -2.29. The van der Waals surface area contributed by atoms with Crippen LogP contribution in [0.25, 0.3) is 0 Å². The zero-order chi connectivity index (χ0) is 11.7. The highest BCUT2D eigenvalue weighted by Gasteiger charge is 2.25. The van der Waals surface area contributed by atoms with Gasteiger partial charge >= 0.3 is 11.7 Å². The predicted molar refractivity (Wildman–Crippen MR) is 52.8 cm³/mol. The molecule has 1 heterocycles. The monoisotopic (exact) mass is 212 g/mol. The third kappa shape index (κ3) is 1.80. The average Bonchev–Trinajstić information content (AvgIpc) is 2.40. The van der Waals surface area contributed by atoms with Crippen LogP contribution in [-0.4, -0.2) is 39.7 Å². The molecule has 0 radical (unpaired) electrons. The number of carbonyl (C=O) groups excluding carboxylic acids is 1. The Morgan fingerprint density at radius 2 is 2.00 bits per heavy atom. The van der Waals surface area contributed by atoms with Gasteiger partial charge in [-0.1, -0.05) is 0 Å². The van der Waals surface area contributed by atoms with Gasteiger partial charge in [-0.15, -0.1) is 0 Å². The van der Waals surface area contributed by atoms with Crippen LogP contribution in [0.1, 0.15) is 11.4 Å². The van der Waals surface area contributed by atoms with Gasteiger partial charge in [0.2, 0.25) is 0 Å². The minimum Gasteiger partial charge on any atom is -0.329 e. The van der Waals surface area contributed by atoms with Crippen LogP contribution in [0.5, 0.6) is 0 Å². The highest BCUT2D eigenvalue weighted by atomic mass is 16.6. The van der Waals surface area contributed by atoms with Crippen LogP contribution in [0.3, 0.4) is 0 Å². The summed E-state index contributed by atoms with van der Waals surface area (Å²) in [5.41, 5.74) is 0.383. The van der Waals surface area contributed by atoms with Crippen molar-refractivity contribution in [3.63, 3.8) is 0 Å². The Bertz CT molecular complexity index is 422. The standard InChI is InChI=1S/C8H12N4O3/c1-5-7(12(14)15)6(2)11(9-5)8(13)10(3)4/h1-4H3. The predicted octanol–water partition coefficient (Wildman–Crippen LogP) is 0.938. The van der Waals surface area contributed by atoms with Crippen molar-refractivity contribution in [1.82, 2.24) is 14.7 Å². The minimum absolute atomic E-state index is 0.106. The molecule has 1 aromatic heterocycles. The molecule has 0 saturated heterocycles. The largest absolute Gasteiger partial charge is 0.344 e. The third-order valence-corrected chi connectivity index (χ3v) is 2.00. The van der Waals surface area contributed by atoms with E-state index < -0.39 is 11.0 Å². The lowest BCUT2D eigenvalue weighted by atomic mass is 10.3. The van der Waals surface area contributed by atoms with E-state index in [0.717, 1.165) is 4.68 Å². The van der Waals surface area contributed by atoms with E-state index in [1.54, 1.807) is 14.1 Å². The smallest absolute Gasteiger partial charge is 0.329 e. The molecule has 0 aliphatic heterocycles. The SMILES string of the molecule is Cc1nn(C(=O)N(C)C)c(C)c1[N+](=O)[O-]. The van der Waals surface area contributed by atoms with Crippen LogP contribution in [0.2, 0.25) is 0 Å². The molecule has 82 valence electrons. The molecule has 0 saturated carbocycles. The van der Waals surface area contributed by atoms with Crippen LogP contribution < -0.4 is 0 Å². The van der Waals surface area contributed by atoms with E-state index in [9.17, 15) is 14.9 Å². The maximum atomic E-state index is 11.6. The van der Waals surface area contributed by atoms with Crippen molar-refractivity contribution in [3.05, 3.63) is 21.5 Å². The fourth-order valence-corrected chi connectivity index (χ4v) is 1.27. The summed E-state index contributed by atoms with van der Waals surface area (Å²) in [7, 11) is 3.12. The molecule has 0 aliphatic rings. The molecule has 0 bridgehead atoms. The van der Waals surface area contributed by atoms with E-state index >= 15 is 0 Å². The first-order valence-corrected chi connectivity index (χ1v) is 4.28. The van der Waals surface area contributed by atoms with Gasteiger partial charge in [-0.2, -0.15) is 9.78 Å². The third-order valence-electron chi connectivity index (χ3n) is 2.00. The molecular weight excluding hydrogens is 200 g/mol. The first-order chi connectivity index (χ1) is 6.86. The van der Waals surface area contributed by atoms with E-state index in [2.05, 4.69) is 5.10 Å². The van der Waals surface area contributed by atoms with Gasteiger partial charge in [0.15, 0.2) is 0 Å². The van der Waals surface area contributed by atoms with Crippen molar-refractivity contribution in [2.24, 2.45) is 0 Å². The molecular formula is C8H12N4O3. The van der Waals surface area contributed by atoms with Crippen LogP contribution in [0.15, 0.2) is 0 Å². The molecule has 0 aliphatic carbocycles. The van der Waals surface area contributed by atoms with Gasteiger partial charge in [-0.25, -0.2) is 4.79 Å². The summed E-state index contributed by atoms with van der Waals surface area (Å²) in [6, 6.07) is -0.399. The Labute approximate surface area is 86.4 Å². The van der Waals surface area contributed by atoms with Gasteiger partial charge in [0, 0.05) is 14.1 Å². The lowest BCUT2D eigenvalue weighted by Gasteiger charge is -2.09. The fourth-order valence-electron chi connectivity index (χ4n) is 1.27. The van der Waals surface area contributed by atoms with Gasteiger partial charge in [-0.3, -0.25) is 10.1 Å². The summed E-state index contributed by atoms with van der Waals surface area (Å²) < 4.78 is 1.04. The molecule has 0 spiro atoms. The van der Waals surface area contributed by atoms with Gasteiger partial charge < -0.3 is 4.90 Å². The first kappa shape index (κ1) is 11.2. The number of amides is 1. The van der Waals surface area contributed by atoms with Crippen molar-refractivity contribution < 1.29 is 9.72 Å². The first-order valence-electron chi connectivity index (χ1n) is 4.28. The Morgan fingerprint density at radius 3 is 2.33 bits per heavy atom. The number of aromatic nitrogens is 2. The molecule has 0 atom stereocenters. The van der Waals surface area contributed by atoms with Crippen LogP contribution >= 0.6 is 0 Å². The second-order valence-electron chi connectivity index (χ2n) is 3.37. The Morgan fingerprint density at radius 1 is 1.47 bits per heavy atom. The quantitative estimate of drug-likeness (QED) is 0.512. The van der Waals surface area contributed by atoms with Gasteiger partial charge in [0.1, 0.15) is 11.4 Å². The second-order valence-corrected chi connectivity index (χ2v) is 3.37. The van der Waals surface area contributed by atoms with Crippen LogP contribution in [-0.2, 0) is 0 Å². The summed E-state index contributed by atoms with van der Waals surface area (Å²) in [6.45, 7) is 3.00. The summed E-state index contributed by atoms with van der Waals surface area (Å²) in [5.74, 6) is 0. The molecule has 1 aromatic rings. The van der Waals surface area contributed by atoms with E-state index in [-0.39, 0.29) is 17.1 Å². The number of hydrogen-bond donors (Lipinski definition) is 0. The van der Waals surface area contributed by atoms with E-state index in [1.165, 1.54) is 18.7 Å². The lowest BCUT2D eigenvalue weighted by molar-refractivity contribution is -0.386. The van der Waals surface area contributed by atoms with Gasteiger partial charge in [0.05, 0.1) is 4.92 Å².